The third-order valence-electron chi connectivity index (χ3n) is 2.61. The number of methoxy groups -OCH3 is 2. The van der Waals surface area contributed by atoms with Crippen LogP contribution < -0.4 is 4.74 Å². The zero-order chi connectivity index (χ0) is 12.3. The van der Waals surface area contributed by atoms with Crippen molar-refractivity contribution in [2.75, 3.05) is 14.2 Å². The van der Waals surface area contributed by atoms with Crippen LogP contribution in [0.1, 0.15) is 5.56 Å². The molecule has 0 N–H and O–H groups in total. The van der Waals surface area contributed by atoms with Crippen molar-refractivity contribution in [3.63, 3.8) is 0 Å². The van der Waals surface area contributed by atoms with Gasteiger partial charge in [0.25, 0.3) is 0 Å². The number of esters is 1. The Labute approximate surface area is 99.2 Å². The lowest BCUT2D eigenvalue weighted by Gasteiger charge is -2.08. The molecule has 0 atom stereocenters. The average molecular weight is 231 g/mol. The maximum Gasteiger partial charge on any atom is 0.310 e. The van der Waals surface area contributed by atoms with E-state index < -0.39 is 0 Å². The zero-order valence-electron chi connectivity index (χ0n) is 9.77. The molecule has 2 rings (SSSR count). The van der Waals surface area contributed by atoms with Crippen molar-refractivity contribution in [1.29, 1.82) is 0 Å². The van der Waals surface area contributed by atoms with Gasteiger partial charge in [-0.05, 0) is 17.7 Å². The van der Waals surface area contributed by atoms with Crippen LogP contribution in [0.25, 0.3) is 10.9 Å². The molecule has 4 heteroatoms. The molecule has 0 amide bonds. The Morgan fingerprint density at radius 2 is 2.12 bits per heavy atom. The van der Waals surface area contributed by atoms with E-state index in [4.69, 9.17) is 4.74 Å². The van der Waals surface area contributed by atoms with Crippen LogP contribution in [0.3, 0.4) is 0 Å². The number of hydrogen-bond acceptors (Lipinski definition) is 4. The van der Waals surface area contributed by atoms with E-state index in [1.807, 2.05) is 24.3 Å². The number of aromatic nitrogens is 1. The lowest BCUT2D eigenvalue weighted by Crippen LogP contribution is -2.05. The summed E-state index contributed by atoms with van der Waals surface area (Å²) in [5.74, 6) is 0.439. The smallest absolute Gasteiger partial charge is 0.310 e. The van der Waals surface area contributed by atoms with E-state index >= 15 is 0 Å². The van der Waals surface area contributed by atoms with Crippen molar-refractivity contribution >= 4 is 16.9 Å². The highest BCUT2D eigenvalue weighted by atomic mass is 16.5. The molecule has 0 saturated heterocycles. The molecular formula is C13H13NO3. The van der Waals surface area contributed by atoms with Crippen molar-refractivity contribution in [1.82, 2.24) is 4.98 Å². The average Bonchev–Trinajstić information content (AvgIpc) is 2.39. The first-order valence-corrected chi connectivity index (χ1v) is 5.23. The van der Waals surface area contributed by atoms with Gasteiger partial charge in [-0.1, -0.05) is 12.1 Å². The molecule has 0 radical (unpaired) electrons. The molecule has 1 heterocycles. The summed E-state index contributed by atoms with van der Waals surface area (Å²) < 4.78 is 9.90. The number of carbonyl (C=O) groups is 1. The first-order valence-electron chi connectivity index (χ1n) is 5.23. The Kier molecular flexibility index (Phi) is 3.23. The summed E-state index contributed by atoms with van der Waals surface area (Å²) in [7, 11) is 2.98. The molecule has 0 saturated carbocycles. The summed E-state index contributed by atoms with van der Waals surface area (Å²) in [5.41, 5.74) is 1.65. The third-order valence-corrected chi connectivity index (χ3v) is 2.61. The normalized spacial score (nSPS) is 10.2. The van der Waals surface area contributed by atoms with Crippen LogP contribution in [-0.2, 0) is 16.0 Å². The minimum Gasteiger partial charge on any atom is -0.494 e. The minimum absolute atomic E-state index is 0.239. The second-order valence-electron chi connectivity index (χ2n) is 3.58. The highest BCUT2D eigenvalue weighted by Crippen LogP contribution is 2.26. The van der Waals surface area contributed by atoms with Crippen molar-refractivity contribution in [3.8, 4) is 5.75 Å². The van der Waals surface area contributed by atoms with E-state index in [0.717, 1.165) is 16.5 Å². The van der Waals surface area contributed by atoms with Crippen LogP contribution >= 0.6 is 0 Å². The van der Waals surface area contributed by atoms with Gasteiger partial charge in [0.05, 0.1) is 20.6 Å². The van der Waals surface area contributed by atoms with Gasteiger partial charge in [0, 0.05) is 11.6 Å². The zero-order valence-corrected chi connectivity index (χ0v) is 9.77. The van der Waals surface area contributed by atoms with Gasteiger partial charge < -0.3 is 9.47 Å². The maximum atomic E-state index is 11.3. The van der Waals surface area contributed by atoms with Gasteiger partial charge >= 0.3 is 5.97 Å². The predicted molar refractivity (Wildman–Crippen MR) is 64.0 cm³/mol. The van der Waals surface area contributed by atoms with E-state index in [1.54, 1.807) is 13.3 Å². The van der Waals surface area contributed by atoms with Crippen LogP contribution in [0.15, 0.2) is 30.5 Å². The molecule has 0 fully saturated rings. The Balaban J connectivity index is 2.54. The van der Waals surface area contributed by atoms with Gasteiger partial charge in [0.1, 0.15) is 11.3 Å². The topological polar surface area (TPSA) is 48.4 Å². The molecule has 0 unspecified atom stereocenters. The van der Waals surface area contributed by atoms with E-state index in [9.17, 15) is 4.79 Å². The molecule has 0 bridgehead atoms. The number of rotatable bonds is 3. The molecule has 0 spiro atoms. The Morgan fingerprint density at radius 3 is 2.82 bits per heavy atom. The Morgan fingerprint density at radius 1 is 1.29 bits per heavy atom. The lowest BCUT2D eigenvalue weighted by molar-refractivity contribution is -0.139. The van der Waals surface area contributed by atoms with Crippen molar-refractivity contribution < 1.29 is 14.3 Å². The van der Waals surface area contributed by atoms with Crippen molar-refractivity contribution in [2.24, 2.45) is 0 Å². The summed E-state index contributed by atoms with van der Waals surface area (Å²) in [5, 5.41) is 0.914. The van der Waals surface area contributed by atoms with Gasteiger partial charge in [-0.15, -0.1) is 0 Å². The van der Waals surface area contributed by atoms with E-state index in [2.05, 4.69) is 9.72 Å². The highest BCUT2D eigenvalue weighted by Gasteiger charge is 2.10. The monoisotopic (exact) mass is 231 g/mol. The molecule has 0 aliphatic heterocycles. The van der Waals surface area contributed by atoms with Crippen LogP contribution in [0.5, 0.6) is 5.75 Å². The second kappa shape index (κ2) is 4.82. The van der Waals surface area contributed by atoms with Crippen LogP contribution in [0.2, 0.25) is 0 Å². The van der Waals surface area contributed by atoms with Gasteiger partial charge in [-0.25, -0.2) is 0 Å². The largest absolute Gasteiger partial charge is 0.494 e. The third kappa shape index (κ3) is 2.20. The van der Waals surface area contributed by atoms with Crippen LogP contribution in [0.4, 0.5) is 0 Å². The van der Waals surface area contributed by atoms with Crippen LogP contribution in [-0.4, -0.2) is 25.2 Å². The molecule has 2 aromatic rings. The van der Waals surface area contributed by atoms with E-state index in [-0.39, 0.29) is 12.4 Å². The summed E-state index contributed by atoms with van der Waals surface area (Å²) in [6.45, 7) is 0. The fourth-order valence-corrected chi connectivity index (χ4v) is 1.75. The maximum absolute atomic E-state index is 11.3. The first kappa shape index (κ1) is 11.4. The second-order valence-corrected chi connectivity index (χ2v) is 3.58. The van der Waals surface area contributed by atoms with Gasteiger partial charge in [0.2, 0.25) is 0 Å². The first-order chi connectivity index (χ1) is 8.26. The lowest BCUT2D eigenvalue weighted by atomic mass is 10.1. The summed E-state index contributed by atoms with van der Waals surface area (Å²) >= 11 is 0. The predicted octanol–water partition coefficient (Wildman–Crippen LogP) is 1.96. The Hall–Kier alpha value is -2.10. The standard InChI is InChI=1S/C13H13NO3/c1-16-11-6-5-9(8-12(15)17-2)10-4-3-7-14-13(10)11/h3-7H,8H2,1-2H3. The van der Waals surface area contributed by atoms with Crippen LogP contribution in [0, 0.1) is 0 Å². The SMILES string of the molecule is COC(=O)Cc1ccc(OC)c2ncccc12. The summed E-state index contributed by atoms with van der Waals surface area (Å²) in [4.78, 5) is 15.6. The molecule has 0 aliphatic carbocycles. The molecule has 1 aromatic carbocycles. The van der Waals surface area contributed by atoms with Crippen molar-refractivity contribution in [3.05, 3.63) is 36.0 Å². The number of pyridine rings is 1. The summed E-state index contributed by atoms with van der Waals surface area (Å²) in [6, 6.07) is 7.43. The number of ether oxygens (including phenoxy) is 2. The molecule has 88 valence electrons. The summed E-state index contributed by atoms with van der Waals surface area (Å²) in [6.07, 6.45) is 1.94. The number of fused-ring (bicyclic) bond motifs is 1. The fourth-order valence-electron chi connectivity index (χ4n) is 1.75. The van der Waals surface area contributed by atoms with Gasteiger partial charge in [-0.2, -0.15) is 0 Å². The quantitative estimate of drug-likeness (QED) is 0.758. The number of carbonyl (C=O) groups excluding carboxylic acids is 1. The molecule has 0 aliphatic rings. The van der Waals surface area contributed by atoms with Crippen molar-refractivity contribution in [2.45, 2.75) is 6.42 Å². The number of nitrogens with zero attached hydrogens (tertiary/aromatic N) is 1. The molecular weight excluding hydrogens is 218 g/mol. The number of hydrogen-bond donors (Lipinski definition) is 0. The van der Waals surface area contributed by atoms with E-state index in [1.165, 1.54) is 7.11 Å². The van der Waals surface area contributed by atoms with E-state index in [0.29, 0.717) is 5.75 Å². The molecule has 17 heavy (non-hydrogen) atoms. The van der Waals surface area contributed by atoms with Gasteiger partial charge in [-0.3, -0.25) is 9.78 Å². The van der Waals surface area contributed by atoms with Gasteiger partial charge in [0.15, 0.2) is 0 Å². The highest BCUT2D eigenvalue weighted by molar-refractivity contribution is 5.90. The molecule has 4 nitrogen and oxygen atoms in total. The number of benzene rings is 1. The fraction of sp³-hybridized carbons (Fsp3) is 0.231. The Bertz CT molecular complexity index is 551. The molecule has 1 aromatic heterocycles. The minimum atomic E-state index is -0.264.